The van der Waals surface area contributed by atoms with Crippen LogP contribution >= 0.6 is 27.5 Å². The van der Waals surface area contributed by atoms with Crippen molar-refractivity contribution < 1.29 is 4.79 Å². The molecule has 1 aromatic rings. The number of hydrogen-bond donors (Lipinski definition) is 1. The molecule has 0 spiro atoms. The first-order chi connectivity index (χ1) is 5.24. The Balaban J connectivity index is 2.98. The molecule has 0 unspecified atom stereocenters. The van der Waals surface area contributed by atoms with E-state index in [4.69, 9.17) is 11.6 Å². The molecule has 0 radical (unpaired) electrons. The minimum Gasteiger partial charge on any atom is -0.328 e. The van der Waals surface area contributed by atoms with Crippen molar-refractivity contribution in [2.24, 2.45) is 0 Å². The van der Waals surface area contributed by atoms with Gasteiger partial charge in [-0.15, -0.1) is 0 Å². The van der Waals surface area contributed by atoms with E-state index in [9.17, 15) is 4.79 Å². The first-order valence-corrected chi connectivity index (χ1v) is 4.06. The van der Waals surface area contributed by atoms with Gasteiger partial charge in [0.15, 0.2) is 0 Å². The summed E-state index contributed by atoms with van der Waals surface area (Å²) in [6, 6.07) is 5.15. The van der Waals surface area contributed by atoms with E-state index in [-0.39, 0.29) is 0 Å². The number of halogens is 2. The molecule has 0 aliphatic rings. The van der Waals surface area contributed by atoms with Gasteiger partial charge < -0.3 is 5.32 Å². The summed E-state index contributed by atoms with van der Waals surface area (Å²) in [5.41, 5.74) is 0.712. The standard InChI is InChI=1S/C7H5BrClNO/c8-6-3-5(9)1-2-7(6)10-4-11/h1-4H,(H,10,11). The van der Waals surface area contributed by atoms with Gasteiger partial charge in [-0.3, -0.25) is 4.79 Å². The molecule has 0 saturated carbocycles. The first kappa shape index (κ1) is 8.56. The molecule has 0 atom stereocenters. The van der Waals surface area contributed by atoms with Crippen molar-refractivity contribution >= 4 is 39.6 Å². The predicted molar refractivity (Wildman–Crippen MR) is 48.8 cm³/mol. The van der Waals surface area contributed by atoms with E-state index < -0.39 is 0 Å². The van der Waals surface area contributed by atoms with E-state index in [2.05, 4.69) is 21.2 Å². The predicted octanol–water partition coefficient (Wildman–Crippen LogP) is 2.67. The van der Waals surface area contributed by atoms with E-state index in [1.165, 1.54) is 0 Å². The number of anilines is 1. The molecule has 0 heterocycles. The van der Waals surface area contributed by atoms with Gasteiger partial charge in [0.1, 0.15) is 0 Å². The van der Waals surface area contributed by atoms with Crippen molar-refractivity contribution in [1.29, 1.82) is 0 Å². The van der Waals surface area contributed by atoms with Crippen LogP contribution in [-0.2, 0) is 4.79 Å². The van der Waals surface area contributed by atoms with Gasteiger partial charge in [0.25, 0.3) is 0 Å². The lowest BCUT2D eigenvalue weighted by Crippen LogP contribution is -1.93. The smallest absolute Gasteiger partial charge is 0.211 e. The molecule has 0 bridgehead atoms. The summed E-state index contributed by atoms with van der Waals surface area (Å²) in [6.07, 6.45) is 0.619. The van der Waals surface area contributed by atoms with E-state index in [1.807, 2.05) is 0 Å². The number of carbonyl (C=O) groups excluding carboxylic acids is 1. The summed E-state index contributed by atoms with van der Waals surface area (Å²) in [6.45, 7) is 0. The van der Waals surface area contributed by atoms with Crippen molar-refractivity contribution in [3.63, 3.8) is 0 Å². The number of carbonyl (C=O) groups is 1. The molecule has 1 rings (SSSR count). The van der Waals surface area contributed by atoms with Gasteiger partial charge in [-0.1, -0.05) is 11.6 Å². The summed E-state index contributed by atoms with van der Waals surface area (Å²) >= 11 is 8.91. The number of amides is 1. The second kappa shape index (κ2) is 3.74. The monoisotopic (exact) mass is 233 g/mol. The Bertz CT molecular complexity index is 277. The summed E-state index contributed by atoms with van der Waals surface area (Å²) in [5.74, 6) is 0. The fraction of sp³-hybridized carbons (Fsp3) is 0. The zero-order valence-corrected chi connectivity index (χ0v) is 7.82. The molecule has 1 amide bonds. The molecule has 0 aliphatic heterocycles. The number of nitrogens with one attached hydrogen (secondary N) is 1. The highest BCUT2D eigenvalue weighted by molar-refractivity contribution is 9.10. The van der Waals surface area contributed by atoms with E-state index in [1.54, 1.807) is 18.2 Å². The van der Waals surface area contributed by atoms with Gasteiger partial charge in [0.2, 0.25) is 6.41 Å². The van der Waals surface area contributed by atoms with Gasteiger partial charge in [-0.25, -0.2) is 0 Å². The van der Waals surface area contributed by atoms with Crippen LogP contribution < -0.4 is 5.32 Å². The molecular formula is C7H5BrClNO. The van der Waals surface area contributed by atoms with Crippen LogP contribution in [0.5, 0.6) is 0 Å². The Morgan fingerprint density at radius 2 is 2.27 bits per heavy atom. The van der Waals surface area contributed by atoms with Crippen molar-refractivity contribution in [2.75, 3.05) is 5.32 Å². The zero-order valence-electron chi connectivity index (χ0n) is 5.47. The Morgan fingerprint density at radius 1 is 1.55 bits per heavy atom. The van der Waals surface area contributed by atoms with E-state index in [0.29, 0.717) is 17.1 Å². The molecule has 1 aromatic carbocycles. The van der Waals surface area contributed by atoms with Crippen LogP contribution in [0.25, 0.3) is 0 Å². The van der Waals surface area contributed by atoms with Crippen molar-refractivity contribution in [2.45, 2.75) is 0 Å². The lowest BCUT2D eigenvalue weighted by Gasteiger charge is -2.00. The molecule has 4 heteroatoms. The third-order valence-electron chi connectivity index (χ3n) is 1.15. The highest BCUT2D eigenvalue weighted by Gasteiger charge is 1.97. The van der Waals surface area contributed by atoms with Crippen LogP contribution in [0.4, 0.5) is 5.69 Å². The Kier molecular flexibility index (Phi) is 2.91. The quantitative estimate of drug-likeness (QED) is 0.783. The van der Waals surface area contributed by atoms with E-state index in [0.717, 1.165) is 4.47 Å². The van der Waals surface area contributed by atoms with Crippen LogP contribution in [0.1, 0.15) is 0 Å². The van der Waals surface area contributed by atoms with E-state index >= 15 is 0 Å². The van der Waals surface area contributed by atoms with Crippen LogP contribution in [-0.4, -0.2) is 6.41 Å². The van der Waals surface area contributed by atoms with Crippen LogP contribution in [0, 0.1) is 0 Å². The maximum atomic E-state index is 10.0. The molecule has 58 valence electrons. The molecule has 0 aliphatic carbocycles. The molecule has 0 saturated heterocycles. The third-order valence-corrected chi connectivity index (χ3v) is 2.04. The molecule has 2 nitrogen and oxygen atoms in total. The SMILES string of the molecule is O=CNc1ccc(Cl)cc1Br. The summed E-state index contributed by atoms with van der Waals surface area (Å²) < 4.78 is 0.775. The zero-order chi connectivity index (χ0) is 8.27. The van der Waals surface area contributed by atoms with Crippen LogP contribution in [0.2, 0.25) is 5.02 Å². The Morgan fingerprint density at radius 3 is 2.82 bits per heavy atom. The third kappa shape index (κ3) is 2.20. The fourth-order valence-corrected chi connectivity index (χ4v) is 1.47. The lowest BCUT2D eigenvalue weighted by atomic mass is 10.3. The minimum absolute atomic E-state index is 0.619. The fourth-order valence-electron chi connectivity index (χ4n) is 0.670. The molecular weight excluding hydrogens is 229 g/mol. The van der Waals surface area contributed by atoms with Gasteiger partial charge in [0, 0.05) is 9.50 Å². The highest BCUT2D eigenvalue weighted by Crippen LogP contribution is 2.25. The largest absolute Gasteiger partial charge is 0.328 e. The first-order valence-electron chi connectivity index (χ1n) is 2.89. The lowest BCUT2D eigenvalue weighted by molar-refractivity contribution is -0.105. The summed E-state index contributed by atoms with van der Waals surface area (Å²) in [4.78, 5) is 10.0. The van der Waals surface area contributed by atoms with Gasteiger partial charge >= 0.3 is 0 Å². The maximum Gasteiger partial charge on any atom is 0.211 e. The molecule has 0 fully saturated rings. The van der Waals surface area contributed by atoms with Crippen molar-refractivity contribution in [1.82, 2.24) is 0 Å². The molecule has 1 N–H and O–H groups in total. The number of benzene rings is 1. The average molecular weight is 234 g/mol. The van der Waals surface area contributed by atoms with Crippen molar-refractivity contribution in [3.8, 4) is 0 Å². The van der Waals surface area contributed by atoms with Gasteiger partial charge in [0.05, 0.1) is 5.69 Å². The van der Waals surface area contributed by atoms with Crippen LogP contribution in [0.3, 0.4) is 0 Å². The molecule has 11 heavy (non-hydrogen) atoms. The average Bonchev–Trinajstić information content (AvgIpc) is 1.95. The topological polar surface area (TPSA) is 29.1 Å². The number of hydrogen-bond acceptors (Lipinski definition) is 1. The highest BCUT2D eigenvalue weighted by atomic mass is 79.9. The second-order valence-electron chi connectivity index (χ2n) is 1.89. The summed E-state index contributed by atoms with van der Waals surface area (Å²) in [5, 5.41) is 3.15. The minimum atomic E-state index is 0.619. The van der Waals surface area contributed by atoms with Crippen LogP contribution in [0.15, 0.2) is 22.7 Å². The van der Waals surface area contributed by atoms with Crippen molar-refractivity contribution in [3.05, 3.63) is 27.7 Å². The Labute approximate surface area is 77.7 Å². The number of rotatable bonds is 2. The maximum absolute atomic E-state index is 10.0. The van der Waals surface area contributed by atoms with Gasteiger partial charge in [-0.2, -0.15) is 0 Å². The van der Waals surface area contributed by atoms with Gasteiger partial charge in [-0.05, 0) is 34.1 Å². The normalized spacial score (nSPS) is 9.27. The summed E-state index contributed by atoms with van der Waals surface area (Å²) in [7, 11) is 0. The molecule has 0 aromatic heterocycles. The Hall–Kier alpha value is -0.540. The second-order valence-corrected chi connectivity index (χ2v) is 3.18.